The fourth-order valence-electron chi connectivity index (χ4n) is 3.99. The minimum atomic E-state index is 0.244. The molecule has 0 aromatic carbocycles. The van der Waals surface area contributed by atoms with Crippen LogP contribution in [0.2, 0.25) is 0 Å². The van der Waals surface area contributed by atoms with Crippen molar-refractivity contribution >= 4 is 23.4 Å². The van der Waals surface area contributed by atoms with Gasteiger partial charge in [-0.2, -0.15) is 0 Å². The molecule has 2 N–H and O–H groups in total. The van der Waals surface area contributed by atoms with Crippen LogP contribution in [0.25, 0.3) is 0 Å². The molecule has 0 bridgehead atoms. The fraction of sp³-hybridized carbons (Fsp3) is 1.00. The maximum Gasteiger partial charge on any atom is 0.106 e. The number of nitrogens with two attached hydrogens (primary N) is 1. The van der Waals surface area contributed by atoms with Crippen LogP contribution in [0.15, 0.2) is 0 Å². The zero-order chi connectivity index (χ0) is 12.5. The van der Waals surface area contributed by atoms with E-state index < -0.39 is 0 Å². The molecule has 2 nitrogen and oxygen atoms in total. The Bertz CT molecular complexity index is 289. The molecule has 1 heterocycles. The Labute approximate surface area is 120 Å². The summed E-state index contributed by atoms with van der Waals surface area (Å²) in [6.45, 7) is 1.19. The third-order valence-corrected chi connectivity index (χ3v) is 6.77. The van der Waals surface area contributed by atoms with Gasteiger partial charge in [0.2, 0.25) is 0 Å². The van der Waals surface area contributed by atoms with Crippen molar-refractivity contribution < 1.29 is 0 Å². The molecule has 3 fully saturated rings. The standard InChI is InChI=1S/C14H25ClN2S/c15-11-5-3-4-10(8-11)9-17-12-6-1-2-7-13(12)18-14(17)16/h10-14H,1-9,16H2. The lowest BCUT2D eigenvalue weighted by atomic mass is 9.87. The van der Waals surface area contributed by atoms with Gasteiger partial charge in [0.1, 0.15) is 5.50 Å². The van der Waals surface area contributed by atoms with Gasteiger partial charge in [-0.05, 0) is 38.0 Å². The van der Waals surface area contributed by atoms with Gasteiger partial charge in [-0.3, -0.25) is 4.90 Å². The van der Waals surface area contributed by atoms with E-state index in [9.17, 15) is 0 Å². The number of halogens is 1. The van der Waals surface area contributed by atoms with Gasteiger partial charge in [-0.1, -0.05) is 19.3 Å². The number of hydrogen-bond acceptors (Lipinski definition) is 3. The molecular weight excluding hydrogens is 264 g/mol. The summed E-state index contributed by atoms with van der Waals surface area (Å²) in [7, 11) is 0. The Morgan fingerprint density at radius 1 is 1.11 bits per heavy atom. The minimum absolute atomic E-state index is 0.244. The largest absolute Gasteiger partial charge is 0.307 e. The van der Waals surface area contributed by atoms with E-state index in [0.717, 1.165) is 17.2 Å². The van der Waals surface area contributed by atoms with Crippen LogP contribution in [0.5, 0.6) is 0 Å². The number of nitrogens with zero attached hydrogens (tertiary/aromatic N) is 1. The highest BCUT2D eigenvalue weighted by atomic mass is 35.5. The van der Waals surface area contributed by atoms with Crippen LogP contribution in [0.4, 0.5) is 0 Å². The van der Waals surface area contributed by atoms with Crippen molar-refractivity contribution in [2.75, 3.05) is 6.54 Å². The van der Waals surface area contributed by atoms with Gasteiger partial charge in [0.15, 0.2) is 0 Å². The third kappa shape index (κ3) is 2.84. The summed E-state index contributed by atoms with van der Waals surface area (Å²) in [6.07, 6.45) is 10.6. The first-order valence-corrected chi connectivity index (χ1v) is 8.93. The predicted molar refractivity (Wildman–Crippen MR) is 79.9 cm³/mol. The van der Waals surface area contributed by atoms with Crippen molar-refractivity contribution in [2.24, 2.45) is 11.7 Å². The van der Waals surface area contributed by atoms with E-state index in [-0.39, 0.29) is 5.50 Å². The Morgan fingerprint density at radius 2 is 1.94 bits per heavy atom. The predicted octanol–water partition coefficient (Wildman–Crippen LogP) is 3.39. The average Bonchev–Trinajstić information content (AvgIpc) is 2.66. The van der Waals surface area contributed by atoms with E-state index in [1.165, 1.54) is 57.9 Å². The molecule has 0 spiro atoms. The zero-order valence-electron chi connectivity index (χ0n) is 11.1. The molecule has 1 saturated heterocycles. The van der Waals surface area contributed by atoms with Gasteiger partial charge in [0, 0.05) is 23.2 Å². The van der Waals surface area contributed by atoms with Crippen molar-refractivity contribution in [1.82, 2.24) is 4.90 Å². The Hall–Kier alpha value is 0.560. The van der Waals surface area contributed by atoms with Crippen molar-refractivity contribution in [3.05, 3.63) is 0 Å². The molecule has 2 aliphatic carbocycles. The molecule has 18 heavy (non-hydrogen) atoms. The van der Waals surface area contributed by atoms with Gasteiger partial charge >= 0.3 is 0 Å². The molecule has 3 rings (SSSR count). The second kappa shape index (κ2) is 5.90. The van der Waals surface area contributed by atoms with Crippen molar-refractivity contribution in [1.29, 1.82) is 0 Å². The lowest BCUT2D eigenvalue weighted by Crippen LogP contribution is -2.46. The van der Waals surface area contributed by atoms with Crippen molar-refractivity contribution in [3.8, 4) is 0 Å². The van der Waals surface area contributed by atoms with Crippen LogP contribution >= 0.6 is 23.4 Å². The van der Waals surface area contributed by atoms with Crippen molar-refractivity contribution in [3.63, 3.8) is 0 Å². The van der Waals surface area contributed by atoms with E-state index in [2.05, 4.69) is 4.90 Å². The second-order valence-electron chi connectivity index (χ2n) is 6.24. The molecular formula is C14H25ClN2S. The topological polar surface area (TPSA) is 29.3 Å². The molecule has 0 radical (unpaired) electrons. The monoisotopic (exact) mass is 288 g/mol. The average molecular weight is 289 g/mol. The molecule has 104 valence electrons. The number of fused-ring (bicyclic) bond motifs is 1. The number of alkyl halides is 1. The summed E-state index contributed by atoms with van der Waals surface area (Å²) in [6, 6.07) is 0.759. The van der Waals surface area contributed by atoms with E-state index in [0.29, 0.717) is 5.38 Å². The molecule has 0 amide bonds. The first kappa shape index (κ1) is 13.5. The van der Waals surface area contributed by atoms with Crippen molar-refractivity contribution in [2.45, 2.75) is 73.5 Å². The van der Waals surface area contributed by atoms with Crippen LogP contribution in [-0.2, 0) is 0 Å². The van der Waals surface area contributed by atoms with Crippen LogP contribution in [0, 0.1) is 5.92 Å². The second-order valence-corrected chi connectivity index (χ2v) is 8.22. The van der Waals surface area contributed by atoms with Crippen LogP contribution in [0.3, 0.4) is 0 Å². The lowest BCUT2D eigenvalue weighted by molar-refractivity contribution is 0.132. The minimum Gasteiger partial charge on any atom is -0.307 e. The number of thioether (sulfide) groups is 1. The molecule has 0 aromatic heterocycles. The maximum absolute atomic E-state index is 6.35. The summed E-state index contributed by atoms with van der Waals surface area (Å²) in [5.41, 5.74) is 6.59. The molecule has 0 aromatic rings. The number of rotatable bonds is 2. The summed E-state index contributed by atoms with van der Waals surface area (Å²) < 4.78 is 0. The van der Waals surface area contributed by atoms with Gasteiger partial charge in [-0.25, -0.2) is 0 Å². The maximum atomic E-state index is 6.35. The van der Waals surface area contributed by atoms with Crippen LogP contribution in [0.1, 0.15) is 51.4 Å². The van der Waals surface area contributed by atoms with Gasteiger partial charge < -0.3 is 5.73 Å². The first-order chi connectivity index (χ1) is 8.74. The Balaban J connectivity index is 1.60. The highest BCUT2D eigenvalue weighted by Crippen LogP contribution is 2.42. The molecule has 4 heteroatoms. The smallest absolute Gasteiger partial charge is 0.106 e. The molecule has 5 atom stereocenters. The normalized spacial score (nSPS) is 46.0. The highest BCUT2D eigenvalue weighted by Gasteiger charge is 2.42. The van der Waals surface area contributed by atoms with Gasteiger partial charge in [-0.15, -0.1) is 23.4 Å². The molecule has 5 unspecified atom stereocenters. The lowest BCUT2D eigenvalue weighted by Gasteiger charge is -2.36. The van der Waals surface area contributed by atoms with Crippen LogP contribution < -0.4 is 5.73 Å². The fourth-order valence-corrected chi connectivity index (χ4v) is 5.93. The van der Waals surface area contributed by atoms with Gasteiger partial charge in [0.25, 0.3) is 0 Å². The molecule has 1 aliphatic heterocycles. The highest BCUT2D eigenvalue weighted by molar-refractivity contribution is 8.00. The summed E-state index contributed by atoms with van der Waals surface area (Å²) in [4.78, 5) is 2.61. The first-order valence-electron chi connectivity index (χ1n) is 7.55. The Morgan fingerprint density at radius 3 is 2.78 bits per heavy atom. The quantitative estimate of drug-likeness (QED) is 0.790. The van der Waals surface area contributed by atoms with E-state index in [4.69, 9.17) is 17.3 Å². The SMILES string of the molecule is NC1SC2CCCCC2N1CC1CCCC(Cl)C1. The van der Waals surface area contributed by atoms with Gasteiger partial charge in [0.05, 0.1) is 0 Å². The summed E-state index contributed by atoms with van der Waals surface area (Å²) in [5, 5.41) is 1.22. The van der Waals surface area contributed by atoms with E-state index >= 15 is 0 Å². The van der Waals surface area contributed by atoms with Crippen LogP contribution in [-0.4, -0.2) is 33.6 Å². The van der Waals surface area contributed by atoms with E-state index in [1.807, 2.05) is 11.8 Å². The zero-order valence-corrected chi connectivity index (χ0v) is 12.6. The van der Waals surface area contributed by atoms with E-state index in [1.54, 1.807) is 0 Å². The molecule has 3 aliphatic rings. The Kier molecular flexibility index (Phi) is 4.44. The third-order valence-electron chi connectivity index (χ3n) is 4.92. The summed E-state index contributed by atoms with van der Waals surface area (Å²) >= 11 is 8.33. The summed E-state index contributed by atoms with van der Waals surface area (Å²) in [5.74, 6) is 0.786. The number of hydrogen-bond donors (Lipinski definition) is 1. The molecule has 2 saturated carbocycles.